The van der Waals surface area contributed by atoms with Gasteiger partial charge in [-0.25, -0.2) is 4.79 Å². The van der Waals surface area contributed by atoms with E-state index in [4.69, 9.17) is 4.74 Å². The highest BCUT2D eigenvalue weighted by atomic mass is 79.9. The number of nitrogens with zero attached hydrogens (tertiary/aromatic N) is 3. The Morgan fingerprint density at radius 2 is 2.10 bits per heavy atom. The zero-order chi connectivity index (χ0) is 15.1. The van der Waals surface area contributed by atoms with Crippen LogP contribution >= 0.6 is 15.9 Å². The summed E-state index contributed by atoms with van der Waals surface area (Å²) in [5.41, 5.74) is 1.63. The van der Waals surface area contributed by atoms with Crippen LogP contribution in [0.3, 0.4) is 0 Å². The highest BCUT2D eigenvalue weighted by Crippen LogP contribution is 2.44. The Hall–Kier alpha value is -1.04. The number of amides is 1. The van der Waals surface area contributed by atoms with Gasteiger partial charge < -0.3 is 9.64 Å². The molecule has 112 valence electrons. The highest BCUT2D eigenvalue weighted by Gasteiger charge is 2.31. The van der Waals surface area contributed by atoms with Crippen molar-refractivity contribution in [3.63, 3.8) is 0 Å². The zero-order valence-electron chi connectivity index (χ0n) is 12.7. The van der Waals surface area contributed by atoms with Gasteiger partial charge in [-0.1, -0.05) is 0 Å². The molecule has 0 aromatic carbocycles. The molecule has 1 aliphatic rings. The quantitative estimate of drug-likeness (QED) is 0.844. The summed E-state index contributed by atoms with van der Waals surface area (Å²) in [6.07, 6.45) is 2.11. The van der Waals surface area contributed by atoms with Crippen LogP contribution < -0.4 is 0 Å². The van der Waals surface area contributed by atoms with Crippen molar-refractivity contribution in [1.29, 1.82) is 0 Å². The molecule has 1 aromatic heterocycles. The minimum absolute atomic E-state index is 0.331. The molecule has 0 N–H and O–H groups in total. The number of carbonyl (C=O) groups is 1. The van der Waals surface area contributed by atoms with Crippen LogP contribution in [0.4, 0.5) is 4.79 Å². The van der Waals surface area contributed by atoms with Crippen molar-refractivity contribution in [2.24, 2.45) is 7.05 Å². The monoisotopic (exact) mass is 343 g/mol. The predicted octanol–water partition coefficient (Wildman–Crippen LogP) is 3.43. The normalized spacial score (nSPS) is 15.3. The first-order valence-corrected chi connectivity index (χ1v) is 7.63. The minimum Gasteiger partial charge on any atom is -0.444 e. The van der Waals surface area contributed by atoms with Crippen LogP contribution in [0.25, 0.3) is 0 Å². The van der Waals surface area contributed by atoms with Crippen LogP contribution in [0.15, 0.2) is 4.47 Å². The molecule has 5 nitrogen and oxygen atoms in total. The summed E-state index contributed by atoms with van der Waals surface area (Å²) in [5.74, 6) is 0.613. The third-order valence-electron chi connectivity index (χ3n) is 3.15. The van der Waals surface area contributed by atoms with E-state index in [1.165, 1.54) is 18.5 Å². The van der Waals surface area contributed by atoms with Crippen LogP contribution in [0, 0.1) is 0 Å². The Morgan fingerprint density at radius 3 is 2.60 bits per heavy atom. The average Bonchev–Trinajstić information content (AvgIpc) is 3.06. The van der Waals surface area contributed by atoms with E-state index in [0.717, 1.165) is 10.2 Å². The van der Waals surface area contributed by atoms with Gasteiger partial charge in [0.1, 0.15) is 5.60 Å². The van der Waals surface area contributed by atoms with Gasteiger partial charge in [-0.05, 0) is 49.5 Å². The standard InChI is InChI=1S/C14H22BrN3O2/c1-14(2,3)20-13(19)17(4)8-10-11(15)12(9-6-7-9)18(5)16-10/h9H,6-8H2,1-5H3. The van der Waals surface area contributed by atoms with Crippen LogP contribution in [-0.2, 0) is 18.3 Å². The van der Waals surface area contributed by atoms with E-state index in [9.17, 15) is 4.79 Å². The Morgan fingerprint density at radius 1 is 1.50 bits per heavy atom. The van der Waals surface area contributed by atoms with Crippen molar-refractivity contribution in [3.05, 3.63) is 15.9 Å². The average molecular weight is 344 g/mol. The number of aromatic nitrogens is 2. The SMILES string of the molecule is CN(Cc1nn(C)c(C2CC2)c1Br)C(=O)OC(C)(C)C. The Labute approximate surface area is 128 Å². The van der Waals surface area contributed by atoms with Gasteiger partial charge in [0.2, 0.25) is 0 Å². The molecule has 0 atom stereocenters. The number of ether oxygens (including phenoxy) is 1. The third kappa shape index (κ3) is 3.53. The van der Waals surface area contributed by atoms with Crippen LogP contribution in [-0.4, -0.2) is 33.4 Å². The molecule has 2 rings (SSSR count). The molecule has 1 amide bonds. The molecular weight excluding hydrogens is 322 g/mol. The lowest BCUT2D eigenvalue weighted by Crippen LogP contribution is -2.34. The maximum absolute atomic E-state index is 12.0. The number of carbonyl (C=O) groups excluding carboxylic acids is 1. The van der Waals surface area contributed by atoms with Crippen LogP contribution in [0.1, 0.15) is 50.9 Å². The van der Waals surface area contributed by atoms with Crippen molar-refractivity contribution in [2.75, 3.05) is 7.05 Å². The fourth-order valence-corrected chi connectivity index (χ4v) is 2.88. The topological polar surface area (TPSA) is 47.4 Å². The molecule has 1 heterocycles. The Kier molecular flexibility index (Phi) is 4.14. The lowest BCUT2D eigenvalue weighted by Gasteiger charge is -2.24. The summed E-state index contributed by atoms with van der Waals surface area (Å²) in [7, 11) is 3.68. The summed E-state index contributed by atoms with van der Waals surface area (Å²) in [6.45, 7) is 6.03. The maximum Gasteiger partial charge on any atom is 0.410 e. The van der Waals surface area contributed by atoms with Gasteiger partial charge in [0.15, 0.2) is 0 Å². The number of hydrogen-bond donors (Lipinski definition) is 0. The maximum atomic E-state index is 12.0. The van der Waals surface area contributed by atoms with Crippen molar-refractivity contribution in [2.45, 2.75) is 51.7 Å². The molecular formula is C14H22BrN3O2. The van der Waals surface area contributed by atoms with Crippen LogP contribution in [0.5, 0.6) is 0 Å². The first-order valence-electron chi connectivity index (χ1n) is 6.84. The molecule has 0 unspecified atom stereocenters. The largest absolute Gasteiger partial charge is 0.444 e. The molecule has 1 saturated carbocycles. The second-order valence-electron chi connectivity index (χ2n) is 6.38. The van der Waals surface area contributed by atoms with E-state index < -0.39 is 5.60 Å². The second-order valence-corrected chi connectivity index (χ2v) is 7.17. The summed E-state index contributed by atoms with van der Waals surface area (Å²) in [6, 6.07) is 0. The van der Waals surface area contributed by atoms with Gasteiger partial charge in [-0.15, -0.1) is 0 Å². The number of hydrogen-bond acceptors (Lipinski definition) is 3. The van der Waals surface area contributed by atoms with Crippen molar-refractivity contribution >= 4 is 22.0 Å². The van der Waals surface area contributed by atoms with Gasteiger partial charge in [0, 0.05) is 20.0 Å². The molecule has 0 radical (unpaired) electrons. The highest BCUT2D eigenvalue weighted by molar-refractivity contribution is 9.10. The van der Waals surface area contributed by atoms with Gasteiger partial charge in [0.25, 0.3) is 0 Å². The molecule has 0 bridgehead atoms. The van der Waals surface area contributed by atoms with Crippen molar-refractivity contribution in [3.8, 4) is 0 Å². The smallest absolute Gasteiger partial charge is 0.410 e. The van der Waals surface area contributed by atoms with Gasteiger partial charge in [-0.2, -0.15) is 5.10 Å². The Balaban J connectivity index is 2.06. The minimum atomic E-state index is -0.480. The first kappa shape index (κ1) is 15.4. The molecule has 1 aliphatic carbocycles. The predicted molar refractivity (Wildman–Crippen MR) is 80.6 cm³/mol. The lowest BCUT2D eigenvalue weighted by molar-refractivity contribution is 0.0282. The second kappa shape index (κ2) is 5.39. The lowest BCUT2D eigenvalue weighted by atomic mass is 10.2. The molecule has 6 heteroatoms. The molecule has 1 fully saturated rings. The third-order valence-corrected chi connectivity index (χ3v) is 4.02. The van der Waals surface area contributed by atoms with Gasteiger partial charge >= 0.3 is 6.09 Å². The zero-order valence-corrected chi connectivity index (χ0v) is 14.3. The summed E-state index contributed by atoms with van der Waals surface area (Å²) < 4.78 is 8.29. The first-order chi connectivity index (χ1) is 9.19. The number of rotatable bonds is 3. The van der Waals surface area contributed by atoms with E-state index in [2.05, 4.69) is 21.0 Å². The Bertz CT molecular complexity index is 515. The van der Waals surface area contributed by atoms with Gasteiger partial charge in [-0.3, -0.25) is 4.68 Å². The summed E-state index contributed by atoms with van der Waals surface area (Å²) >= 11 is 3.62. The number of aryl methyl sites for hydroxylation is 1. The fourth-order valence-electron chi connectivity index (χ4n) is 2.10. The van der Waals surface area contributed by atoms with Gasteiger partial charge in [0.05, 0.1) is 22.4 Å². The fraction of sp³-hybridized carbons (Fsp3) is 0.714. The van der Waals surface area contributed by atoms with E-state index in [1.807, 2.05) is 32.5 Å². The van der Waals surface area contributed by atoms with E-state index >= 15 is 0 Å². The van der Waals surface area contributed by atoms with Crippen LogP contribution in [0.2, 0.25) is 0 Å². The molecule has 20 heavy (non-hydrogen) atoms. The van der Waals surface area contributed by atoms with E-state index in [-0.39, 0.29) is 6.09 Å². The van der Waals surface area contributed by atoms with Crippen molar-refractivity contribution < 1.29 is 9.53 Å². The van der Waals surface area contributed by atoms with Crippen molar-refractivity contribution in [1.82, 2.24) is 14.7 Å². The van der Waals surface area contributed by atoms with E-state index in [0.29, 0.717) is 12.5 Å². The molecule has 1 aromatic rings. The molecule has 0 saturated heterocycles. The van der Waals surface area contributed by atoms with E-state index in [1.54, 1.807) is 11.9 Å². The summed E-state index contributed by atoms with van der Waals surface area (Å²) in [4.78, 5) is 13.5. The number of halogens is 1. The molecule has 0 spiro atoms. The summed E-state index contributed by atoms with van der Waals surface area (Å²) in [5, 5.41) is 4.51. The molecule has 0 aliphatic heterocycles.